The van der Waals surface area contributed by atoms with Crippen LogP contribution in [0.3, 0.4) is 0 Å². The topological polar surface area (TPSA) is 113 Å². The molecule has 4 aromatic rings. The molecule has 0 aliphatic carbocycles. The van der Waals surface area contributed by atoms with E-state index < -0.39 is 23.5 Å². The van der Waals surface area contributed by atoms with Crippen LogP contribution in [0.25, 0.3) is 10.2 Å². The van der Waals surface area contributed by atoms with E-state index in [2.05, 4.69) is 4.98 Å². The van der Waals surface area contributed by atoms with E-state index in [1.54, 1.807) is 37.3 Å². The number of anilines is 1. The van der Waals surface area contributed by atoms with Gasteiger partial charge in [0, 0.05) is 0 Å². The van der Waals surface area contributed by atoms with Crippen LogP contribution in [0.5, 0.6) is 11.5 Å². The van der Waals surface area contributed by atoms with Gasteiger partial charge in [0.1, 0.15) is 17.3 Å². The fraction of sp³-hybridized carbons (Fsp3) is 0.160. The zero-order valence-corrected chi connectivity index (χ0v) is 19.1. The van der Waals surface area contributed by atoms with Crippen LogP contribution in [0.15, 0.2) is 70.3 Å². The molecule has 2 aromatic heterocycles. The summed E-state index contributed by atoms with van der Waals surface area (Å²) in [6.07, 6.45) is 0. The molecule has 1 unspecified atom stereocenters. The Morgan fingerprint density at radius 2 is 2.00 bits per heavy atom. The minimum atomic E-state index is -1.01. The first kappa shape index (κ1) is 21.7. The van der Waals surface area contributed by atoms with Crippen molar-refractivity contribution in [2.75, 3.05) is 11.5 Å². The van der Waals surface area contributed by atoms with Crippen molar-refractivity contribution in [3.63, 3.8) is 0 Å². The summed E-state index contributed by atoms with van der Waals surface area (Å²) in [6, 6.07) is 13.7. The van der Waals surface area contributed by atoms with Crippen molar-refractivity contribution in [2.45, 2.75) is 19.9 Å². The summed E-state index contributed by atoms with van der Waals surface area (Å²) in [5.41, 5.74) is 0.948. The Balaban J connectivity index is 1.65. The molecule has 0 fully saturated rings. The number of Topliss-reactive ketones (excluding diaryl/α,β-unsaturated/α-hetero) is 1. The summed E-state index contributed by atoms with van der Waals surface area (Å²) in [4.78, 5) is 32.5. The van der Waals surface area contributed by atoms with Gasteiger partial charge in [-0.2, -0.15) is 0 Å². The lowest BCUT2D eigenvalue weighted by molar-refractivity contribution is -0.117. The van der Waals surface area contributed by atoms with Crippen LogP contribution in [0.4, 0.5) is 5.13 Å². The number of hydrogen-bond acceptors (Lipinski definition) is 8. The first-order valence-corrected chi connectivity index (χ1v) is 11.4. The van der Waals surface area contributed by atoms with Crippen LogP contribution in [-0.4, -0.2) is 33.5 Å². The molecule has 1 atom stereocenters. The summed E-state index contributed by atoms with van der Waals surface area (Å²) >= 11 is 1.24. The standard InChI is InChI=1S/C25H20N2O6S/c1-3-32-16-8-9-17-19(12-16)34-25(26-17)27-21(14-5-4-6-15(28)11-14)20(23(30)24(27)31)22(29)18-10-7-13(2)33-18/h4-12,21,28,30H,3H2,1-2H3. The van der Waals surface area contributed by atoms with E-state index in [-0.39, 0.29) is 17.1 Å². The predicted molar refractivity (Wildman–Crippen MR) is 127 cm³/mol. The number of fused-ring (bicyclic) bond motifs is 1. The van der Waals surface area contributed by atoms with Gasteiger partial charge in [0.2, 0.25) is 5.78 Å². The van der Waals surface area contributed by atoms with Crippen molar-refractivity contribution in [2.24, 2.45) is 0 Å². The molecule has 1 amide bonds. The lowest BCUT2D eigenvalue weighted by atomic mass is 9.95. The van der Waals surface area contributed by atoms with E-state index in [4.69, 9.17) is 9.15 Å². The van der Waals surface area contributed by atoms with Crippen LogP contribution in [-0.2, 0) is 4.79 Å². The zero-order chi connectivity index (χ0) is 24.0. The normalized spacial score (nSPS) is 16.0. The summed E-state index contributed by atoms with van der Waals surface area (Å²) < 4.78 is 11.8. The molecule has 2 aromatic carbocycles. The molecule has 1 aliphatic rings. The lowest BCUT2D eigenvalue weighted by Crippen LogP contribution is -2.30. The third-order valence-electron chi connectivity index (χ3n) is 5.47. The van der Waals surface area contributed by atoms with Gasteiger partial charge >= 0.3 is 0 Å². The summed E-state index contributed by atoms with van der Waals surface area (Å²) in [5, 5.41) is 21.2. The second-order valence-corrected chi connectivity index (χ2v) is 8.74. The third-order valence-corrected chi connectivity index (χ3v) is 6.49. The molecule has 172 valence electrons. The van der Waals surface area contributed by atoms with Gasteiger partial charge in [-0.1, -0.05) is 23.5 Å². The van der Waals surface area contributed by atoms with Crippen LogP contribution in [0, 0.1) is 6.92 Å². The van der Waals surface area contributed by atoms with E-state index in [9.17, 15) is 19.8 Å². The monoisotopic (exact) mass is 476 g/mol. The highest BCUT2D eigenvalue weighted by Crippen LogP contribution is 2.45. The van der Waals surface area contributed by atoms with Crippen LogP contribution < -0.4 is 9.64 Å². The van der Waals surface area contributed by atoms with Gasteiger partial charge in [0.25, 0.3) is 5.91 Å². The maximum Gasteiger partial charge on any atom is 0.296 e. The molecule has 0 bridgehead atoms. The zero-order valence-electron chi connectivity index (χ0n) is 18.3. The molecule has 0 radical (unpaired) electrons. The molecular formula is C25H20N2O6S. The van der Waals surface area contributed by atoms with Gasteiger partial charge < -0.3 is 19.4 Å². The Kier molecular flexibility index (Phi) is 5.33. The van der Waals surface area contributed by atoms with Gasteiger partial charge in [-0.15, -0.1) is 0 Å². The van der Waals surface area contributed by atoms with Crippen molar-refractivity contribution in [1.29, 1.82) is 0 Å². The smallest absolute Gasteiger partial charge is 0.296 e. The summed E-state index contributed by atoms with van der Waals surface area (Å²) in [6.45, 7) is 4.09. The SMILES string of the molecule is CCOc1ccc2nc(N3C(=O)C(O)=C(C(=O)c4ccc(C)o4)C3c3cccc(O)c3)sc2c1. The van der Waals surface area contributed by atoms with Gasteiger partial charge in [-0.3, -0.25) is 14.5 Å². The fourth-order valence-corrected chi connectivity index (χ4v) is 5.01. The highest BCUT2D eigenvalue weighted by molar-refractivity contribution is 7.22. The molecule has 8 nitrogen and oxygen atoms in total. The largest absolute Gasteiger partial charge is 0.508 e. The first-order chi connectivity index (χ1) is 16.4. The summed E-state index contributed by atoms with van der Waals surface area (Å²) in [7, 11) is 0. The number of benzene rings is 2. The maximum absolute atomic E-state index is 13.4. The van der Waals surface area contributed by atoms with Crippen LogP contribution in [0.1, 0.15) is 34.8 Å². The molecule has 34 heavy (non-hydrogen) atoms. The molecule has 3 heterocycles. The fourth-order valence-electron chi connectivity index (χ4n) is 3.99. The van der Waals surface area contributed by atoms with Gasteiger partial charge in [-0.25, -0.2) is 4.98 Å². The third kappa shape index (κ3) is 3.60. The Labute approximate surface area is 198 Å². The Bertz CT molecular complexity index is 1470. The number of thiazole rings is 1. The molecule has 0 saturated heterocycles. The second kappa shape index (κ2) is 8.35. The van der Waals surface area contributed by atoms with Gasteiger partial charge in [0.05, 0.1) is 28.4 Å². The highest BCUT2D eigenvalue weighted by atomic mass is 32.1. The number of aromatic nitrogens is 1. The summed E-state index contributed by atoms with van der Waals surface area (Å²) in [5.74, 6) is -0.894. The molecule has 9 heteroatoms. The Morgan fingerprint density at radius 1 is 1.18 bits per heavy atom. The Morgan fingerprint density at radius 3 is 2.71 bits per heavy atom. The minimum Gasteiger partial charge on any atom is -0.508 e. The number of phenolic OH excluding ortho intramolecular Hbond substituents is 1. The molecule has 5 rings (SSSR count). The van der Waals surface area contributed by atoms with Crippen LogP contribution in [0.2, 0.25) is 0 Å². The highest BCUT2D eigenvalue weighted by Gasteiger charge is 2.46. The Hall–Kier alpha value is -4.11. The maximum atomic E-state index is 13.4. The van der Waals surface area contributed by atoms with E-state index in [0.29, 0.717) is 34.3 Å². The van der Waals surface area contributed by atoms with Crippen molar-refractivity contribution in [1.82, 2.24) is 4.98 Å². The number of hydrogen-bond donors (Lipinski definition) is 2. The number of aromatic hydroxyl groups is 1. The molecule has 0 spiro atoms. The van der Waals surface area contributed by atoms with Gasteiger partial charge in [0.15, 0.2) is 16.7 Å². The number of carbonyl (C=O) groups is 2. The number of rotatable bonds is 6. The number of aliphatic hydroxyl groups is 1. The lowest BCUT2D eigenvalue weighted by Gasteiger charge is -2.24. The number of ketones is 1. The first-order valence-electron chi connectivity index (χ1n) is 10.6. The van der Waals surface area contributed by atoms with Gasteiger partial charge in [-0.05, 0) is 61.9 Å². The van der Waals surface area contributed by atoms with Crippen molar-refractivity contribution < 1.29 is 29.0 Å². The van der Waals surface area contributed by atoms with Crippen molar-refractivity contribution >= 4 is 38.4 Å². The molecule has 1 aliphatic heterocycles. The number of nitrogens with zero attached hydrogens (tertiary/aromatic N) is 2. The number of aryl methyl sites for hydroxylation is 1. The van der Waals surface area contributed by atoms with Crippen LogP contribution >= 0.6 is 11.3 Å². The average Bonchev–Trinajstić information content (AvgIpc) is 3.50. The van der Waals surface area contributed by atoms with Crippen molar-refractivity contribution in [3.8, 4) is 11.5 Å². The van der Waals surface area contributed by atoms with Crippen molar-refractivity contribution in [3.05, 3.63) is 83.0 Å². The van der Waals surface area contributed by atoms with E-state index >= 15 is 0 Å². The molecular weight excluding hydrogens is 456 g/mol. The quantitative estimate of drug-likeness (QED) is 0.373. The molecule has 0 saturated carbocycles. The predicted octanol–water partition coefficient (Wildman–Crippen LogP) is 5.08. The number of carbonyl (C=O) groups excluding carboxylic acids is 2. The number of furan rings is 1. The second-order valence-electron chi connectivity index (χ2n) is 7.73. The minimum absolute atomic E-state index is 0.00418. The number of ether oxygens (including phenoxy) is 1. The van der Waals surface area contributed by atoms with E-state index in [0.717, 1.165) is 4.70 Å². The van der Waals surface area contributed by atoms with E-state index in [1.165, 1.54) is 34.4 Å². The number of phenols is 1. The molecule has 2 N–H and O–H groups in total. The average molecular weight is 477 g/mol. The number of amides is 1. The van der Waals surface area contributed by atoms with E-state index in [1.807, 2.05) is 13.0 Å². The number of aliphatic hydroxyl groups excluding tert-OH is 1.